The van der Waals surface area contributed by atoms with E-state index in [1.807, 2.05) is 19.2 Å². The van der Waals surface area contributed by atoms with Crippen LogP contribution in [0, 0.1) is 12.7 Å². The molecule has 0 aliphatic carbocycles. The van der Waals surface area contributed by atoms with E-state index in [2.05, 4.69) is 69.0 Å². The number of rotatable bonds is 4. The summed E-state index contributed by atoms with van der Waals surface area (Å²) in [6, 6.07) is 19.7. The maximum Gasteiger partial charge on any atom is 0.144 e. The van der Waals surface area contributed by atoms with Gasteiger partial charge < -0.3 is 0 Å². The van der Waals surface area contributed by atoms with Crippen LogP contribution in [0.15, 0.2) is 73.1 Å². The normalized spacial score (nSPS) is 11.2. The molecule has 0 spiro atoms. The zero-order chi connectivity index (χ0) is 20.5. The summed E-state index contributed by atoms with van der Waals surface area (Å²) in [6.45, 7) is 6.33. The summed E-state index contributed by atoms with van der Waals surface area (Å²) in [5.74, 6) is 0.996. The molecule has 2 nitrogen and oxygen atoms in total. The molecule has 29 heavy (non-hydrogen) atoms. The summed E-state index contributed by atoms with van der Waals surface area (Å²) < 4.78 is 15.8. The number of halogens is 1. The monoisotopic (exact) mass is 402 g/mol. The summed E-state index contributed by atoms with van der Waals surface area (Å²) in [5.41, 5.74) is 6.46. The minimum atomic E-state index is -0.234. The topological polar surface area (TPSA) is 17.8 Å². The molecular formula is C25H24FN2P. The third-order valence-electron chi connectivity index (χ3n) is 5.22. The third-order valence-corrected chi connectivity index (χ3v) is 5.66. The second kappa shape index (κ2) is 7.93. The minimum Gasteiger partial charge on any atom is -0.299 e. The van der Waals surface area contributed by atoms with Gasteiger partial charge in [0, 0.05) is 23.5 Å². The average Bonchev–Trinajstić information content (AvgIpc) is 3.17. The maximum atomic E-state index is 13.7. The molecule has 1 atom stereocenters. The smallest absolute Gasteiger partial charge is 0.144 e. The standard InChI is InChI=1S/C25H24FN2P/c1-16(2)19-14-22(18-7-5-4-6-8-18)24(23(29)15-19)28-12-11-27-25(28)21-10-9-20(26)13-17(21)3/h4-16H,29H2,1-3H3. The molecule has 0 aliphatic rings. The lowest BCUT2D eigenvalue weighted by atomic mass is 9.95. The number of benzene rings is 3. The van der Waals surface area contributed by atoms with Crippen molar-refractivity contribution in [2.75, 3.05) is 0 Å². The van der Waals surface area contributed by atoms with Crippen molar-refractivity contribution >= 4 is 14.5 Å². The van der Waals surface area contributed by atoms with Gasteiger partial charge in [0.1, 0.15) is 11.6 Å². The molecular weight excluding hydrogens is 378 g/mol. The Balaban J connectivity index is 1.99. The molecule has 4 heteroatoms. The van der Waals surface area contributed by atoms with Crippen LogP contribution in [0.1, 0.15) is 30.9 Å². The lowest BCUT2D eigenvalue weighted by Crippen LogP contribution is -2.11. The quantitative estimate of drug-likeness (QED) is 0.368. The van der Waals surface area contributed by atoms with E-state index in [1.54, 1.807) is 18.3 Å². The van der Waals surface area contributed by atoms with Crippen LogP contribution in [-0.2, 0) is 0 Å². The van der Waals surface area contributed by atoms with Crippen LogP contribution in [0.2, 0.25) is 0 Å². The highest BCUT2D eigenvalue weighted by Crippen LogP contribution is 2.33. The number of aryl methyl sites for hydroxylation is 1. The van der Waals surface area contributed by atoms with Gasteiger partial charge in [0.15, 0.2) is 0 Å². The summed E-state index contributed by atoms with van der Waals surface area (Å²) >= 11 is 0. The molecule has 0 saturated carbocycles. The first-order valence-electron chi connectivity index (χ1n) is 9.75. The molecule has 0 fully saturated rings. The van der Waals surface area contributed by atoms with Crippen molar-refractivity contribution in [1.82, 2.24) is 9.55 Å². The van der Waals surface area contributed by atoms with E-state index < -0.39 is 0 Å². The summed E-state index contributed by atoms with van der Waals surface area (Å²) in [4.78, 5) is 4.62. The molecule has 0 amide bonds. The van der Waals surface area contributed by atoms with Crippen LogP contribution in [0.4, 0.5) is 4.39 Å². The first kappa shape index (κ1) is 19.5. The number of aromatic nitrogens is 2. The van der Waals surface area contributed by atoms with E-state index >= 15 is 0 Å². The molecule has 0 bridgehead atoms. The number of hydrogen-bond acceptors (Lipinski definition) is 1. The van der Waals surface area contributed by atoms with Crippen molar-refractivity contribution in [3.05, 3.63) is 90.0 Å². The van der Waals surface area contributed by atoms with Gasteiger partial charge in [0.05, 0.1) is 5.69 Å². The molecule has 146 valence electrons. The van der Waals surface area contributed by atoms with Crippen LogP contribution >= 0.6 is 9.24 Å². The van der Waals surface area contributed by atoms with Crippen LogP contribution in [0.5, 0.6) is 0 Å². The average molecular weight is 402 g/mol. The van der Waals surface area contributed by atoms with Gasteiger partial charge >= 0.3 is 0 Å². The van der Waals surface area contributed by atoms with Crippen LogP contribution in [0.25, 0.3) is 28.2 Å². The summed E-state index contributed by atoms with van der Waals surface area (Å²) in [6.07, 6.45) is 3.77. The Morgan fingerprint density at radius 2 is 1.72 bits per heavy atom. The van der Waals surface area contributed by atoms with E-state index in [0.29, 0.717) is 5.92 Å². The van der Waals surface area contributed by atoms with Crippen molar-refractivity contribution in [3.8, 4) is 28.2 Å². The predicted molar refractivity (Wildman–Crippen MR) is 123 cm³/mol. The van der Waals surface area contributed by atoms with Gasteiger partial charge in [0.2, 0.25) is 0 Å². The van der Waals surface area contributed by atoms with Gasteiger partial charge in [0.25, 0.3) is 0 Å². The van der Waals surface area contributed by atoms with Crippen LogP contribution < -0.4 is 5.30 Å². The Labute approximate surface area is 173 Å². The zero-order valence-electron chi connectivity index (χ0n) is 16.9. The van der Waals surface area contributed by atoms with Crippen molar-refractivity contribution in [2.24, 2.45) is 0 Å². The van der Waals surface area contributed by atoms with E-state index in [0.717, 1.165) is 39.1 Å². The minimum absolute atomic E-state index is 0.234. The van der Waals surface area contributed by atoms with E-state index in [4.69, 9.17) is 0 Å². The molecule has 4 aromatic rings. The fourth-order valence-corrected chi connectivity index (χ4v) is 4.17. The second-order valence-corrected chi connectivity index (χ2v) is 8.23. The molecule has 1 aromatic heterocycles. The van der Waals surface area contributed by atoms with Crippen molar-refractivity contribution in [3.63, 3.8) is 0 Å². The van der Waals surface area contributed by atoms with Gasteiger partial charge in [-0.1, -0.05) is 44.2 Å². The lowest BCUT2D eigenvalue weighted by molar-refractivity contribution is 0.627. The van der Waals surface area contributed by atoms with E-state index in [9.17, 15) is 4.39 Å². The van der Waals surface area contributed by atoms with Crippen molar-refractivity contribution in [1.29, 1.82) is 0 Å². The Morgan fingerprint density at radius 1 is 0.966 bits per heavy atom. The van der Waals surface area contributed by atoms with Gasteiger partial charge in [-0.15, -0.1) is 9.24 Å². The largest absolute Gasteiger partial charge is 0.299 e. The Kier molecular flexibility index (Phi) is 5.34. The Hall–Kier alpha value is -2.77. The molecule has 1 unspecified atom stereocenters. The van der Waals surface area contributed by atoms with Gasteiger partial charge in [-0.3, -0.25) is 4.57 Å². The maximum absolute atomic E-state index is 13.7. The lowest BCUT2D eigenvalue weighted by Gasteiger charge is -2.20. The van der Waals surface area contributed by atoms with E-state index in [-0.39, 0.29) is 5.82 Å². The number of hydrogen-bond donors (Lipinski definition) is 0. The fourth-order valence-electron chi connectivity index (χ4n) is 3.68. The Bertz CT molecular complexity index is 1160. The van der Waals surface area contributed by atoms with Crippen molar-refractivity contribution < 1.29 is 4.39 Å². The molecule has 1 heterocycles. The number of imidazole rings is 1. The third kappa shape index (κ3) is 3.75. The van der Waals surface area contributed by atoms with Gasteiger partial charge in [-0.2, -0.15) is 0 Å². The highest BCUT2D eigenvalue weighted by Gasteiger charge is 2.18. The first-order valence-corrected chi connectivity index (χ1v) is 10.3. The Morgan fingerprint density at radius 3 is 2.41 bits per heavy atom. The van der Waals surface area contributed by atoms with Crippen LogP contribution in [0.3, 0.4) is 0 Å². The van der Waals surface area contributed by atoms with Gasteiger partial charge in [-0.25, -0.2) is 9.37 Å². The molecule has 0 N–H and O–H groups in total. The first-order chi connectivity index (χ1) is 14.0. The van der Waals surface area contributed by atoms with Crippen molar-refractivity contribution in [2.45, 2.75) is 26.7 Å². The fraction of sp³-hybridized carbons (Fsp3) is 0.160. The molecule has 3 aromatic carbocycles. The SMILES string of the molecule is Cc1cc(F)ccc1-c1nccn1-c1c(P)cc(C(C)C)cc1-c1ccccc1. The predicted octanol–water partition coefficient (Wildman–Crippen LogP) is 6.28. The highest BCUT2D eigenvalue weighted by atomic mass is 31.0. The van der Waals surface area contributed by atoms with E-state index in [1.165, 1.54) is 11.6 Å². The molecule has 0 radical (unpaired) electrons. The molecule has 4 rings (SSSR count). The molecule has 0 saturated heterocycles. The number of nitrogens with zero attached hydrogens (tertiary/aromatic N) is 2. The molecule has 0 aliphatic heterocycles. The van der Waals surface area contributed by atoms with Gasteiger partial charge in [-0.05, 0) is 65.2 Å². The highest BCUT2D eigenvalue weighted by molar-refractivity contribution is 7.27. The zero-order valence-corrected chi connectivity index (χ0v) is 18.0. The van der Waals surface area contributed by atoms with Crippen LogP contribution in [-0.4, -0.2) is 9.55 Å². The second-order valence-electron chi connectivity index (χ2n) is 7.61. The summed E-state index contributed by atoms with van der Waals surface area (Å²) in [7, 11) is 2.89. The summed E-state index contributed by atoms with van der Waals surface area (Å²) in [5, 5.41) is 1.11.